The predicted molar refractivity (Wildman–Crippen MR) is 111 cm³/mol. The third-order valence-electron chi connectivity index (χ3n) is 4.53. The van der Waals surface area contributed by atoms with Crippen LogP contribution in [0.2, 0.25) is 0 Å². The molecule has 0 aliphatic carbocycles. The van der Waals surface area contributed by atoms with Crippen LogP contribution in [0, 0.1) is 0 Å². The summed E-state index contributed by atoms with van der Waals surface area (Å²) in [5.41, 5.74) is 2.41. The van der Waals surface area contributed by atoms with Crippen LogP contribution in [-0.4, -0.2) is 37.0 Å². The maximum atomic E-state index is 10.2. The quantitative estimate of drug-likeness (QED) is 0.627. The van der Waals surface area contributed by atoms with Crippen molar-refractivity contribution in [1.82, 2.24) is 5.32 Å². The molecule has 0 fully saturated rings. The van der Waals surface area contributed by atoms with Gasteiger partial charge in [0.05, 0.1) is 7.11 Å². The Kier molecular flexibility index (Phi) is 8.14. The molecule has 0 saturated heterocycles. The zero-order valence-corrected chi connectivity index (χ0v) is 17.0. The molecule has 27 heavy (non-hydrogen) atoms. The average molecular weight is 372 g/mol. The van der Waals surface area contributed by atoms with E-state index in [-0.39, 0.29) is 12.1 Å². The molecule has 4 nitrogen and oxygen atoms in total. The number of aryl methyl sites for hydroxylation is 1. The SMILES string of the molecule is CCCc1ccc(OCC(O)CNC(C)(C)Cc2ccc(OC)cc2)cc1. The summed E-state index contributed by atoms with van der Waals surface area (Å²) >= 11 is 0. The summed E-state index contributed by atoms with van der Waals surface area (Å²) in [6.45, 7) is 7.20. The lowest BCUT2D eigenvalue weighted by atomic mass is 9.94. The summed E-state index contributed by atoms with van der Waals surface area (Å²) in [7, 11) is 1.67. The lowest BCUT2D eigenvalue weighted by Gasteiger charge is -2.28. The minimum Gasteiger partial charge on any atom is -0.497 e. The third-order valence-corrected chi connectivity index (χ3v) is 4.53. The van der Waals surface area contributed by atoms with Gasteiger partial charge in [-0.3, -0.25) is 0 Å². The van der Waals surface area contributed by atoms with Gasteiger partial charge in [-0.15, -0.1) is 0 Å². The number of aliphatic hydroxyl groups excluding tert-OH is 1. The zero-order valence-electron chi connectivity index (χ0n) is 17.0. The van der Waals surface area contributed by atoms with Gasteiger partial charge in [-0.05, 0) is 62.1 Å². The van der Waals surface area contributed by atoms with Gasteiger partial charge in [-0.1, -0.05) is 37.6 Å². The zero-order chi connectivity index (χ0) is 19.7. The Hall–Kier alpha value is -2.04. The van der Waals surface area contributed by atoms with Gasteiger partial charge in [0.25, 0.3) is 0 Å². The minimum atomic E-state index is -0.560. The molecule has 0 saturated carbocycles. The molecule has 1 atom stereocenters. The molecule has 0 aliphatic rings. The highest BCUT2D eigenvalue weighted by Crippen LogP contribution is 2.17. The molecule has 2 aromatic carbocycles. The van der Waals surface area contributed by atoms with Crippen molar-refractivity contribution in [3.63, 3.8) is 0 Å². The minimum absolute atomic E-state index is 0.128. The van der Waals surface area contributed by atoms with E-state index in [1.54, 1.807) is 7.11 Å². The summed E-state index contributed by atoms with van der Waals surface area (Å²) in [5, 5.41) is 13.7. The first kappa shape index (κ1) is 21.3. The number of ether oxygens (including phenoxy) is 2. The second kappa shape index (κ2) is 10.3. The van der Waals surface area contributed by atoms with Crippen LogP contribution in [0.4, 0.5) is 0 Å². The number of hydrogen-bond donors (Lipinski definition) is 2. The molecule has 2 rings (SSSR count). The van der Waals surface area contributed by atoms with Crippen molar-refractivity contribution in [2.24, 2.45) is 0 Å². The smallest absolute Gasteiger partial charge is 0.119 e. The summed E-state index contributed by atoms with van der Waals surface area (Å²) in [5.74, 6) is 1.66. The van der Waals surface area contributed by atoms with Crippen LogP contribution < -0.4 is 14.8 Å². The van der Waals surface area contributed by atoms with Gasteiger partial charge in [0.2, 0.25) is 0 Å². The Balaban J connectivity index is 1.74. The van der Waals surface area contributed by atoms with Gasteiger partial charge < -0.3 is 19.9 Å². The van der Waals surface area contributed by atoms with Crippen LogP contribution in [0.1, 0.15) is 38.3 Å². The topological polar surface area (TPSA) is 50.7 Å². The largest absolute Gasteiger partial charge is 0.497 e. The van der Waals surface area contributed by atoms with Crippen LogP contribution in [-0.2, 0) is 12.8 Å². The predicted octanol–water partition coefficient (Wildman–Crippen LogP) is 4.00. The highest BCUT2D eigenvalue weighted by Gasteiger charge is 2.19. The molecular weight excluding hydrogens is 338 g/mol. The van der Waals surface area contributed by atoms with Gasteiger partial charge in [-0.25, -0.2) is 0 Å². The van der Waals surface area contributed by atoms with E-state index in [0.29, 0.717) is 6.54 Å². The number of nitrogens with one attached hydrogen (secondary N) is 1. The highest BCUT2D eigenvalue weighted by molar-refractivity contribution is 5.28. The lowest BCUT2D eigenvalue weighted by molar-refractivity contribution is 0.0988. The summed E-state index contributed by atoms with van der Waals surface area (Å²) in [6, 6.07) is 16.2. The molecule has 0 aromatic heterocycles. The summed E-state index contributed by atoms with van der Waals surface area (Å²) in [4.78, 5) is 0. The molecule has 0 spiro atoms. The normalized spacial score (nSPS) is 12.6. The Morgan fingerprint density at radius 1 is 0.963 bits per heavy atom. The van der Waals surface area contributed by atoms with Crippen molar-refractivity contribution >= 4 is 0 Å². The first-order chi connectivity index (χ1) is 12.9. The van der Waals surface area contributed by atoms with Crippen molar-refractivity contribution in [3.8, 4) is 11.5 Å². The van der Waals surface area contributed by atoms with Gasteiger partial charge in [-0.2, -0.15) is 0 Å². The van der Waals surface area contributed by atoms with Gasteiger partial charge in [0.15, 0.2) is 0 Å². The fraction of sp³-hybridized carbons (Fsp3) is 0.478. The fourth-order valence-electron chi connectivity index (χ4n) is 3.00. The second-order valence-corrected chi connectivity index (χ2v) is 7.65. The van der Waals surface area contributed by atoms with Crippen molar-refractivity contribution in [2.45, 2.75) is 51.7 Å². The molecule has 2 N–H and O–H groups in total. The molecule has 2 aromatic rings. The number of benzene rings is 2. The number of rotatable bonds is 11. The first-order valence-electron chi connectivity index (χ1n) is 9.69. The highest BCUT2D eigenvalue weighted by atomic mass is 16.5. The summed E-state index contributed by atoms with van der Waals surface area (Å²) in [6.07, 6.45) is 2.52. The van der Waals surface area contributed by atoms with Crippen molar-refractivity contribution < 1.29 is 14.6 Å². The molecule has 0 bridgehead atoms. The Morgan fingerprint density at radius 2 is 1.56 bits per heavy atom. The van der Waals surface area contributed by atoms with E-state index in [1.165, 1.54) is 11.1 Å². The van der Waals surface area contributed by atoms with Gasteiger partial charge in [0, 0.05) is 12.1 Å². The van der Waals surface area contributed by atoms with E-state index in [9.17, 15) is 5.11 Å². The van der Waals surface area contributed by atoms with E-state index in [1.807, 2.05) is 24.3 Å². The maximum absolute atomic E-state index is 10.2. The summed E-state index contributed by atoms with van der Waals surface area (Å²) < 4.78 is 10.9. The lowest BCUT2D eigenvalue weighted by Crippen LogP contribution is -2.46. The first-order valence-corrected chi connectivity index (χ1v) is 9.69. The van der Waals surface area contributed by atoms with E-state index in [4.69, 9.17) is 9.47 Å². The van der Waals surface area contributed by atoms with Crippen LogP contribution in [0.15, 0.2) is 48.5 Å². The molecule has 0 aliphatic heterocycles. The van der Waals surface area contributed by atoms with E-state index in [0.717, 1.165) is 30.8 Å². The molecular formula is C23H33NO3. The number of aliphatic hydroxyl groups is 1. The van der Waals surface area contributed by atoms with E-state index >= 15 is 0 Å². The van der Waals surface area contributed by atoms with Crippen molar-refractivity contribution in [2.75, 3.05) is 20.3 Å². The monoisotopic (exact) mass is 371 g/mol. The van der Waals surface area contributed by atoms with Crippen LogP contribution >= 0.6 is 0 Å². The third kappa shape index (κ3) is 7.61. The molecule has 0 amide bonds. The van der Waals surface area contributed by atoms with Crippen molar-refractivity contribution in [3.05, 3.63) is 59.7 Å². The Bertz CT molecular complexity index is 665. The van der Waals surface area contributed by atoms with Crippen LogP contribution in [0.25, 0.3) is 0 Å². The molecule has 4 heteroatoms. The van der Waals surface area contributed by atoms with E-state index < -0.39 is 6.10 Å². The van der Waals surface area contributed by atoms with E-state index in [2.05, 4.69) is 50.4 Å². The maximum Gasteiger partial charge on any atom is 0.119 e. The van der Waals surface area contributed by atoms with Gasteiger partial charge in [0.1, 0.15) is 24.2 Å². The second-order valence-electron chi connectivity index (χ2n) is 7.65. The molecule has 0 radical (unpaired) electrons. The van der Waals surface area contributed by atoms with Crippen LogP contribution in [0.5, 0.6) is 11.5 Å². The Morgan fingerprint density at radius 3 is 2.15 bits per heavy atom. The van der Waals surface area contributed by atoms with Gasteiger partial charge >= 0.3 is 0 Å². The number of hydrogen-bond acceptors (Lipinski definition) is 4. The fourth-order valence-corrected chi connectivity index (χ4v) is 3.00. The van der Waals surface area contributed by atoms with Crippen molar-refractivity contribution in [1.29, 1.82) is 0 Å². The molecule has 1 unspecified atom stereocenters. The Labute approximate surface area is 163 Å². The molecule has 0 heterocycles. The average Bonchev–Trinajstić information content (AvgIpc) is 2.66. The van der Waals surface area contributed by atoms with Crippen LogP contribution in [0.3, 0.4) is 0 Å². The number of methoxy groups -OCH3 is 1. The standard InChI is InChI=1S/C23H33NO3/c1-5-6-18-7-13-22(14-8-18)27-17-20(25)16-24-23(2,3)15-19-9-11-21(26-4)12-10-19/h7-14,20,24-25H,5-6,15-17H2,1-4H3. The number of β-amino-alcohol motifs (C(OH)–C–C–N with tert-alkyl or cyclic N) is 1. The molecule has 148 valence electrons.